The lowest BCUT2D eigenvalue weighted by Gasteiger charge is -2.30. The number of rotatable bonds is 5. The highest BCUT2D eigenvalue weighted by atomic mass is 16.5. The second-order valence-electron chi connectivity index (χ2n) is 5.09. The van der Waals surface area contributed by atoms with Gasteiger partial charge in [-0.1, -0.05) is 48.5 Å². The molecule has 0 saturated carbocycles. The Morgan fingerprint density at radius 3 is 2.25 bits per heavy atom. The SMILES string of the molecule is CC(C)Oc1ccccc1C(O)(CN)c1ccccc1. The smallest absolute Gasteiger partial charge is 0.130 e. The van der Waals surface area contributed by atoms with Gasteiger partial charge < -0.3 is 15.6 Å². The van der Waals surface area contributed by atoms with Gasteiger partial charge in [0, 0.05) is 12.1 Å². The molecule has 3 nitrogen and oxygen atoms in total. The van der Waals surface area contributed by atoms with E-state index in [9.17, 15) is 5.11 Å². The summed E-state index contributed by atoms with van der Waals surface area (Å²) in [6.07, 6.45) is 0.0361. The van der Waals surface area contributed by atoms with E-state index in [4.69, 9.17) is 10.5 Å². The molecule has 1 atom stereocenters. The highest BCUT2D eigenvalue weighted by molar-refractivity contribution is 5.45. The van der Waals surface area contributed by atoms with Gasteiger partial charge in [0.15, 0.2) is 0 Å². The molecule has 0 aromatic heterocycles. The maximum atomic E-state index is 11.1. The molecule has 3 N–H and O–H groups in total. The van der Waals surface area contributed by atoms with Crippen molar-refractivity contribution in [1.29, 1.82) is 0 Å². The van der Waals surface area contributed by atoms with Crippen molar-refractivity contribution in [2.24, 2.45) is 5.73 Å². The van der Waals surface area contributed by atoms with Gasteiger partial charge in [-0.3, -0.25) is 0 Å². The topological polar surface area (TPSA) is 55.5 Å². The Kier molecular flexibility index (Phi) is 4.42. The number of ether oxygens (including phenoxy) is 1. The Labute approximate surface area is 120 Å². The molecule has 0 aliphatic rings. The molecule has 1 unspecified atom stereocenters. The number of hydrogen-bond acceptors (Lipinski definition) is 3. The zero-order valence-electron chi connectivity index (χ0n) is 11.9. The van der Waals surface area contributed by atoms with Crippen molar-refractivity contribution >= 4 is 0 Å². The molecule has 106 valence electrons. The lowest BCUT2D eigenvalue weighted by Crippen LogP contribution is -2.36. The Hall–Kier alpha value is -1.84. The zero-order chi connectivity index (χ0) is 14.6. The average Bonchev–Trinajstić information content (AvgIpc) is 2.47. The van der Waals surface area contributed by atoms with E-state index in [1.807, 2.05) is 68.4 Å². The molecule has 3 heteroatoms. The molecule has 0 spiro atoms. The number of para-hydroxylation sites is 1. The highest BCUT2D eigenvalue weighted by Gasteiger charge is 2.32. The second kappa shape index (κ2) is 6.07. The van der Waals surface area contributed by atoms with E-state index in [-0.39, 0.29) is 12.6 Å². The van der Waals surface area contributed by atoms with Crippen molar-refractivity contribution in [2.45, 2.75) is 25.6 Å². The third-order valence-corrected chi connectivity index (χ3v) is 3.24. The fraction of sp³-hybridized carbons (Fsp3) is 0.294. The van der Waals surface area contributed by atoms with Crippen molar-refractivity contribution in [2.75, 3.05) is 6.54 Å². The van der Waals surface area contributed by atoms with Crippen LogP contribution in [0.3, 0.4) is 0 Å². The minimum atomic E-state index is -1.24. The van der Waals surface area contributed by atoms with Crippen LogP contribution in [0.4, 0.5) is 0 Å². The molecule has 2 aromatic rings. The first-order valence-corrected chi connectivity index (χ1v) is 6.82. The first-order chi connectivity index (χ1) is 9.58. The average molecular weight is 271 g/mol. The summed E-state index contributed by atoms with van der Waals surface area (Å²) >= 11 is 0. The van der Waals surface area contributed by atoms with E-state index < -0.39 is 5.60 Å². The fourth-order valence-electron chi connectivity index (χ4n) is 2.26. The molecule has 0 bridgehead atoms. The highest BCUT2D eigenvalue weighted by Crippen LogP contribution is 2.35. The van der Waals surface area contributed by atoms with Gasteiger partial charge in [-0.05, 0) is 25.5 Å². The summed E-state index contributed by atoms with van der Waals surface area (Å²) in [5.74, 6) is 0.666. The van der Waals surface area contributed by atoms with Crippen LogP contribution in [0.2, 0.25) is 0 Å². The largest absolute Gasteiger partial charge is 0.491 e. The van der Waals surface area contributed by atoms with Gasteiger partial charge in [-0.2, -0.15) is 0 Å². The maximum Gasteiger partial charge on any atom is 0.130 e. The minimum Gasteiger partial charge on any atom is -0.491 e. The predicted molar refractivity (Wildman–Crippen MR) is 80.7 cm³/mol. The fourth-order valence-corrected chi connectivity index (χ4v) is 2.26. The van der Waals surface area contributed by atoms with Crippen LogP contribution >= 0.6 is 0 Å². The molecule has 0 fully saturated rings. The van der Waals surface area contributed by atoms with E-state index in [1.165, 1.54) is 0 Å². The lowest BCUT2D eigenvalue weighted by atomic mass is 9.86. The predicted octanol–water partition coefficient (Wildman–Crippen LogP) is 2.67. The van der Waals surface area contributed by atoms with E-state index >= 15 is 0 Å². The van der Waals surface area contributed by atoms with Gasteiger partial charge in [0.1, 0.15) is 11.4 Å². The third-order valence-electron chi connectivity index (χ3n) is 3.24. The summed E-state index contributed by atoms with van der Waals surface area (Å²) in [4.78, 5) is 0. The molecule has 20 heavy (non-hydrogen) atoms. The molecule has 0 aliphatic heterocycles. The number of hydrogen-bond donors (Lipinski definition) is 2. The summed E-state index contributed by atoms with van der Waals surface area (Å²) in [6.45, 7) is 4.01. The first-order valence-electron chi connectivity index (χ1n) is 6.82. The van der Waals surface area contributed by atoms with Gasteiger partial charge in [0.05, 0.1) is 6.10 Å². The molecule has 2 aromatic carbocycles. The normalized spacial score (nSPS) is 14.1. The molecular weight excluding hydrogens is 250 g/mol. The molecule has 0 saturated heterocycles. The van der Waals surface area contributed by atoms with Crippen LogP contribution in [0.15, 0.2) is 54.6 Å². The first kappa shape index (κ1) is 14.6. The lowest BCUT2D eigenvalue weighted by molar-refractivity contribution is 0.0844. The number of benzene rings is 2. The van der Waals surface area contributed by atoms with Crippen molar-refractivity contribution in [1.82, 2.24) is 0 Å². The van der Waals surface area contributed by atoms with Crippen molar-refractivity contribution in [3.63, 3.8) is 0 Å². The van der Waals surface area contributed by atoms with Crippen LogP contribution in [0, 0.1) is 0 Å². The summed E-state index contributed by atoms with van der Waals surface area (Å²) in [5, 5.41) is 11.1. The van der Waals surface area contributed by atoms with Gasteiger partial charge in [-0.25, -0.2) is 0 Å². The molecule has 0 radical (unpaired) electrons. The van der Waals surface area contributed by atoms with Crippen LogP contribution in [0.25, 0.3) is 0 Å². The number of nitrogens with two attached hydrogens (primary N) is 1. The maximum absolute atomic E-state index is 11.1. The van der Waals surface area contributed by atoms with Crippen molar-refractivity contribution < 1.29 is 9.84 Å². The summed E-state index contributed by atoms with van der Waals surface area (Å²) in [7, 11) is 0. The monoisotopic (exact) mass is 271 g/mol. The van der Waals surface area contributed by atoms with E-state index in [0.29, 0.717) is 11.3 Å². The van der Waals surface area contributed by atoms with Gasteiger partial charge >= 0.3 is 0 Å². The molecule has 0 heterocycles. The quantitative estimate of drug-likeness (QED) is 0.879. The molecular formula is C17H21NO2. The van der Waals surface area contributed by atoms with E-state index in [2.05, 4.69) is 0 Å². The Balaban J connectivity index is 2.52. The van der Waals surface area contributed by atoms with Gasteiger partial charge in [0.25, 0.3) is 0 Å². The van der Waals surface area contributed by atoms with Gasteiger partial charge in [0.2, 0.25) is 0 Å². The standard InChI is InChI=1S/C17H21NO2/c1-13(2)20-16-11-7-6-10-15(16)17(19,12-18)14-8-4-3-5-9-14/h3-11,13,19H,12,18H2,1-2H3. The Morgan fingerprint density at radius 2 is 1.65 bits per heavy atom. The van der Waals surface area contributed by atoms with Crippen LogP contribution in [-0.2, 0) is 5.60 Å². The Morgan fingerprint density at radius 1 is 1.05 bits per heavy atom. The van der Waals surface area contributed by atoms with Crippen molar-refractivity contribution in [3.05, 3.63) is 65.7 Å². The Bertz CT molecular complexity index is 554. The summed E-state index contributed by atoms with van der Waals surface area (Å²) in [5.41, 5.74) is 6.08. The second-order valence-corrected chi connectivity index (χ2v) is 5.09. The van der Waals surface area contributed by atoms with E-state index in [1.54, 1.807) is 0 Å². The summed E-state index contributed by atoms with van der Waals surface area (Å²) < 4.78 is 5.80. The molecule has 0 amide bonds. The number of aliphatic hydroxyl groups is 1. The third kappa shape index (κ3) is 2.84. The molecule has 2 rings (SSSR count). The van der Waals surface area contributed by atoms with E-state index in [0.717, 1.165) is 5.56 Å². The van der Waals surface area contributed by atoms with Crippen LogP contribution < -0.4 is 10.5 Å². The summed E-state index contributed by atoms with van der Waals surface area (Å²) in [6, 6.07) is 16.9. The van der Waals surface area contributed by atoms with Crippen LogP contribution in [0.1, 0.15) is 25.0 Å². The minimum absolute atomic E-state index is 0.0361. The zero-order valence-corrected chi connectivity index (χ0v) is 11.9. The molecule has 0 aliphatic carbocycles. The van der Waals surface area contributed by atoms with Gasteiger partial charge in [-0.15, -0.1) is 0 Å². The van der Waals surface area contributed by atoms with Crippen LogP contribution in [-0.4, -0.2) is 17.8 Å². The van der Waals surface area contributed by atoms with Crippen LogP contribution in [0.5, 0.6) is 5.75 Å². The van der Waals surface area contributed by atoms with Crippen molar-refractivity contribution in [3.8, 4) is 5.75 Å².